The molecule has 3 aromatic rings. The molecule has 4 nitrogen and oxygen atoms in total. The number of anilines is 1. The number of hydrogen-bond acceptors (Lipinski definition) is 2. The summed E-state index contributed by atoms with van der Waals surface area (Å²) in [6, 6.07) is 25.9. The number of para-hydroxylation sites is 1. The van der Waals surface area contributed by atoms with Crippen LogP contribution in [0.2, 0.25) is 5.02 Å². The first-order chi connectivity index (χ1) is 15.1. The molecule has 0 heterocycles. The summed E-state index contributed by atoms with van der Waals surface area (Å²) in [7, 11) is 0. The zero-order valence-corrected chi connectivity index (χ0v) is 17.4. The zero-order valence-electron chi connectivity index (χ0n) is 16.7. The van der Waals surface area contributed by atoms with Crippen LogP contribution in [-0.4, -0.2) is 17.0 Å². The number of carbonyl (C=O) groups excluding carboxylic acids is 1. The van der Waals surface area contributed by atoms with E-state index in [4.69, 9.17) is 11.6 Å². The highest BCUT2D eigenvalue weighted by molar-refractivity contribution is 6.33. The quantitative estimate of drug-likeness (QED) is 0.507. The van der Waals surface area contributed by atoms with Crippen molar-refractivity contribution in [1.29, 1.82) is 0 Å². The first-order valence-corrected chi connectivity index (χ1v) is 10.5. The summed E-state index contributed by atoms with van der Waals surface area (Å²) in [5, 5.41) is 13.5. The fourth-order valence-corrected chi connectivity index (χ4v) is 4.51. The SMILES string of the molecule is O=C(O)[C@H]1[C@H](C(=O)Nc2ccccc2Cl)[C@H](c2ccccc2)C=C[C@H]1c1ccccc1. The molecule has 0 unspecified atom stereocenters. The van der Waals surface area contributed by atoms with Gasteiger partial charge in [0.05, 0.1) is 22.5 Å². The number of amides is 1. The standard InChI is InChI=1S/C26H22ClNO3/c27-21-13-7-8-14-22(21)28-25(29)23-19(17-9-3-1-4-10-17)15-16-20(24(23)26(30)31)18-11-5-2-6-12-18/h1-16,19-20,23-24H,(H,28,29)(H,30,31)/t19-,20-,23+,24+/m0/s1. The average molecular weight is 432 g/mol. The maximum absolute atomic E-state index is 13.5. The maximum atomic E-state index is 13.5. The molecule has 0 bridgehead atoms. The van der Waals surface area contributed by atoms with Crippen LogP contribution >= 0.6 is 11.6 Å². The van der Waals surface area contributed by atoms with E-state index in [1.165, 1.54) is 0 Å². The Morgan fingerprint density at radius 2 is 1.19 bits per heavy atom. The summed E-state index contributed by atoms with van der Waals surface area (Å²) in [6.07, 6.45) is 3.88. The Bertz CT molecular complexity index is 1100. The van der Waals surface area contributed by atoms with Gasteiger partial charge in [-0.15, -0.1) is 0 Å². The molecule has 0 aliphatic heterocycles. The van der Waals surface area contributed by atoms with Crippen LogP contribution in [0.5, 0.6) is 0 Å². The molecule has 0 saturated heterocycles. The van der Waals surface area contributed by atoms with Crippen LogP contribution in [0.3, 0.4) is 0 Å². The van der Waals surface area contributed by atoms with Crippen molar-refractivity contribution in [3.8, 4) is 0 Å². The number of rotatable bonds is 5. The highest BCUT2D eigenvalue weighted by Crippen LogP contribution is 2.45. The highest BCUT2D eigenvalue weighted by Gasteiger charge is 2.46. The molecule has 5 heteroatoms. The fraction of sp³-hybridized carbons (Fsp3) is 0.154. The second-order valence-corrected chi connectivity index (χ2v) is 8.02. The molecular weight excluding hydrogens is 410 g/mol. The van der Waals surface area contributed by atoms with Crippen LogP contribution in [0.25, 0.3) is 0 Å². The molecule has 0 aromatic heterocycles. The lowest BCUT2D eigenvalue weighted by atomic mass is 9.66. The number of carboxylic acids is 1. The second-order valence-electron chi connectivity index (χ2n) is 7.62. The Balaban J connectivity index is 1.79. The van der Waals surface area contributed by atoms with Gasteiger partial charge in [-0.3, -0.25) is 9.59 Å². The van der Waals surface area contributed by atoms with E-state index in [9.17, 15) is 14.7 Å². The number of carboxylic acid groups (broad SMARTS) is 1. The molecule has 2 N–H and O–H groups in total. The minimum Gasteiger partial charge on any atom is -0.481 e. The van der Waals surface area contributed by atoms with E-state index in [1.807, 2.05) is 72.8 Å². The van der Waals surface area contributed by atoms with Crippen molar-refractivity contribution in [3.63, 3.8) is 0 Å². The minimum atomic E-state index is -1.00. The Morgan fingerprint density at radius 1 is 0.710 bits per heavy atom. The normalized spacial score (nSPS) is 22.6. The first-order valence-electron chi connectivity index (χ1n) is 10.1. The van der Waals surface area contributed by atoms with Gasteiger partial charge < -0.3 is 10.4 Å². The Labute approximate surface area is 186 Å². The smallest absolute Gasteiger partial charge is 0.308 e. The van der Waals surface area contributed by atoms with E-state index >= 15 is 0 Å². The Kier molecular flexibility index (Phi) is 6.19. The van der Waals surface area contributed by atoms with Gasteiger partial charge >= 0.3 is 5.97 Å². The van der Waals surface area contributed by atoms with Crippen LogP contribution < -0.4 is 5.32 Å². The van der Waals surface area contributed by atoms with Crippen LogP contribution in [-0.2, 0) is 9.59 Å². The number of hydrogen-bond donors (Lipinski definition) is 2. The topological polar surface area (TPSA) is 66.4 Å². The van der Waals surface area contributed by atoms with Crippen molar-refractivity contribution in [2.45, 2.75) is 11.8 Å². The molecule has 4 rings (SSSR count). The summed E-state index contributed by atoms with van der Waals surface area (Å²) in [5.74, 6) is -3.89. The minimum absolute atomic E-state index is 0.361. The summed E-state index contributed by atoms with van der Waals surface area (Å²) in [4.78, 5) is 26.0. The van der Waals surface area contributed by atoms with Crippen molar-refractivity contribution in [1.82, 2.24) is 0 Å². The average Bonchev–Trinajstić information content (AvgIpc) is 2.80. The largest absolute Gasteiger partial charge is 0.481 e. The van der Waals surface area contributed by atoms with Crippen molar-refractivity contribution >= 4 is 29.2 Å². The van der Waals surface area contributed by atoms with E-state index in [-0.39, 0.29) is 11.8 Å². The van der Waals surface area contributed by atoms with Crippen molar-refractivity contribution in [2.75, 3.05) is 5.32 Å². The second kappa shape index (κ2) is 9.19. The van der Waals surface area contributed by atoms with Gasteiger partial charge in [-0.25, -0.2) is 0 Å². The molecule has 0 saturated carbocycles. The highest BCUT2D eigenvalue weighted by atomic mass is 35.5. The first kappa shape index (κ1) is 20.9. The van der Waals surface area contributed by atoms with Crippen molar-refractivity contribution in [3.05, 3.63) is 113 Å². The van der Waals surface area contributed by atoms with Gasteiger partial charge in [-0.1, -0.05) is 96.5 Å². The van der Waals surface area contributed by atoms with Crippen LogP contribution in [0.4, 0.5) is 5.69 Å². The lowest BCUT2D eigenvalue weighted by molar-refractivity contribution is -0.147. The summed E-state index contributed by atoms with van der Waals surface area (Å²) >= 11 is 6.24. The maximum Gasteiger partial charge on any atom is 0.308 e. The predicted molar refractivity (Wildman–Crippen MR) is 122 cm³/mol. The number of benzene rings is 3. The Morgan fingerprint density at radius 3 is 1.71 bits per heavy atom. The molecule has 1 aliphatic rings. The van der Waals surface area contributed by atoms with Gasteiger partial charge in [-0.05, 0) is 23.3 Å². The summed E-state index contributed by atoms with van der Waals surface area (Å²) in [5.41, 5.74) is 2.24. The molecule has 31 heavy (non-hydrogen) atoms. The van der Waals surface area contributed by atoms with Crippen molar-refractivity contribution < 1.29 is 14.7 Å². The van der Waals surface area contributed by atoms with Gasteiger partial charge in [0.2, 0.25) is 5.91 Å². The third-order valence-electron chi connectivity index (χ3n) is 5.78. The van der Waals surface area contributed by atoms with Gasteiger partial charge in [0, 0.05) is 11.8 Å². The number of carbonyl (C=O) groups is 2. The number of aliphatic carboxylic acids is 1. The molecule has 3 aromatic carbocycles. The van der Waals surface area contributed by atoms with Crippen molar-refractivity contribution in [2.24, 2.45) is 11.8 Å². The summed E-state index contributed by atoms with van der Waals surface area (Å²) < 4.78 is 0. The lowest BCUT2D eigenvalue weighted by Gasteiger charge is -2.37. The van der Waals surface area contributed by atoms with Crippen LogP contribution in [0.15, 0.2) is 97.1 Å². The van der Waals surface area contributed by atoms with Crippen LogP contribution in [0.1, 0.15) is 23.0 Å². The molecule has 0 radical (unpaired) electrons. The zero-order chi connectivity index (χ0) is 21.8. The van der Waals surface area contributed by atoms with Gasteiger partial charge in [-0.2, -0.15) is 0 Å². The summed E-state index contributed by atoms with van der Waals surface area (Å²) in [6.45, 7) is 0. The number of allylic oxidation sites excluding steroid dienone is 2. The molecule has 0 spiro atoms. The Hall–Kier alpha value is -3.37. The van der Waals surface area contributed by atoms with E-state index < -0.39 is 23.7 Å². The number of halogens is 1. The molecular formula is C26H22ClNO3. The number of nitrogens with one attached hydrogen (secondary N) is 1. The van der Waals surface area contributed by atoms with Gasteiger partial charge in [0.1, 0.15) is 0 Å². The molecule has 0 fully saturated rings. The van der Waals surface area contributed by atoms with E-state index in [1.54, 1.807) is 24.3 Å². The van der Waals surface area contributed by atoms with Gasteiger partial charge in [0.25, 0.3) is 0 Å². The van der Waals surface area contributed by atoms with Gasteiger partial charge in [0.15, 0.2) is 0 Å². The monoisotopic (exact) mass is 431 g/mol. The third kappa shape index (κ3) is 4.39. The molecule has 1 amide bonds. The van der Waals surface area contributed by atoms with Crippen LogP contribution in [0, 0.1) is 11.8 Å². The molecule has 4 atom stereocenters. The lowest BCUT2D eigenvalue weighted by Crippen LogP contribution is -2.42. The molecule has 1 aliphatic carbocycles. The molecule has 156 valence electrons. The van der Waals surface area contributed by atoms with E-state index in [0.717, 1.165) is 11.1 Å². The third-order valence-corrected chi connectivity index (χ3v) is 6.10. The fourth-order valence-electron chi connectivity index (χ4n) is 4.33. The predicted octanol–water partition coefficient (Wildman–Crippen LogP) is 5.73. The van der Waals surface area contributed by atoms with E-state index in [0.29, 0.717) is 10.7 Å². The van der Waals surface area contributed by atoms with E-state index in [2.05, 4.69) is 5.32 Å².